The van der Waals surface area contributed by atoms with E-state index >= 15 is 0 Å². The van der Waals surface area contributed by atoms with E-state index in [9.17, 15) is 9.59 Å². The van der Waals surface area contributed by atoms with Gasteiger partial charge in [-0.1, -0.05) is 0 Å². The van der Waals surface area contributed by atoms with E-state index in [1.807, 2.05) is 45.0 Å². The Balaban J connectivity index is 1.82. The standard InChI is InChI=1S/C19H24N4O3/c1-5-22-11-14(10-20-22)18(25)21-12-17(24)23(19(2,3)13-21)15-6-8-16(26-4)9-7-15/h6-11H,5,12-13H2,1-4H3. The third kappa shape index (κ3) is 3.29. The van der Waals surface area contributed by atoms with Crippen molar-refractivity contribution < 1.29 is 14.3 Å². The Kier molecular flexibility index (Phi) is 4.71. The second kappa shape index (κ2) is 6.82. The molecule has 1 saturated heterocycles. The van der Waals surface area contributed by atoms with E-state index in [1.54, 1.807) is 34.0 Å². The number of nitrogens with zero attached hydrogens (tertiary/aromatic N) is 4. The van der Waals surface area contributed by atoms with Crippen molar-refractivity contribution in [1.82, 2.24) is 14.7 Å². The molecule has 2 amide bonds. The summed E-state index contributed by atoms with van der Waals surface area (Å²) >= 11 is 0. The number of carbonyl (C=O) groups is 2. The fourth-order valence-corrected chi connectivity index (χ4v) is 3.36. The molecule has 2 aromatic rings. The highest BCUT2D eigenvalue weighted by Crippen LogP contribution is 2.30. The summed E-state index contributed by atoms with van der Waals surface area (Å²) in [6, 6.07) is 7.38. The molecule has 1 aliphatic rings. The number of piperazine rings is 1. The predicted molar refractivity (Wildman–Crippen MR) is 98.4 cm³/mol. The molecule has 0 unspecified atom stereocenters. The lowest BCUT2D eigenvalue weighted by molar-refractivity contribution is -0.122. The van der Waals surface area contributed by atoms with Crippen molar-refractivity contribution >= 4 is 17.5 Å². The molecule has 0 bridgehead atoms. The van der Waals surface area contributed by atoms with E-state index in [0.29, 0.717) is 18.7 Å². The van der Waals surface area contributed by atoms with Crippen molar-refractivity contribution in [2.75, 3.05) is 25.1 Å². The number of aryl methyl sites for hydroxylation is 1. The molecule has 2 heterocycles. The van der Waals surface area contributed by atoms with Crippen LogP contribution in [0.1, 0.15) is 31.1 Å². The molecule has 0 atom stereocenters. The molecule has 0 radical (unpaired) electrons. The fourth-order valence-electron chi connectivity index (χ4n) is 3.36. The molecular formula is C19H24N4O3. The van der Waals surface area contributed by atoms with Crippen molar-refractivity contribution in [3.63, 3.8) is 0 Å². The number of methoxy groups -OCH3 is 1. The van der Waals surface area contributed by atoms with Gasteiger partial charge in [0.15, 0.2) is 0 Å². The second-order valence-electron chi connectivity index (χ2n) is 6.99. The van der Waals surface area contributed by atoms with Crippen molar-refractivity contribution in [3.05, 3.63) is 42.2 Å². The van der Waals surface area contributed by atoms with Crippen LogP contribution in [0.25, 0.3) is 0 Å². The smallest absolute Gasteiger partial charge is 0.257 e. The number of ether oxygens (including phenoxy) is 1. The second-order valence-corrected chi connectivity index (χ2v) is 6.99. The number of aromatic nitrogens is 2. The van der Waals surface area contributed by atoms with Crippen LogP contribution in [0.4, 0.5) is 5.69 Å². The van der Waals surface area contributed by atoms with Crippen LogP contribution in [0.5, 0.6) is 5.75 Å². The Hall–Kier alpha value is -2.83. The number of rotatable bonds is 4. The average Bonchev–Trinajstić information content (AvgIpc) is 3.09. The molecule has 7 nitrogen and oxygen atoms in total. The van der Waals surface area contributed by atoms with Gasteiger partial charge in [0.05, 0.1) is 24.4 Å². The third-order valence-corrected chi connectivity index (χ3v) is 4.58. The molecule has 1 aromatic carbocycles. The van der Waals surface area contributed by atoms with Gasteiger partial charge in [-0.05, 0) is 45.0 Å². The Morgan fingerprint density at radius 2 is 1.96 bits per heavy atom. The first-order chi connectivity index (χ1) is 12.4. The Morgan fingerprint density at radius 1 is 1.27 bits per heavy atom. The lowest BCUT2D eigenvalue weighted by atomic mass is 9.96. The fraction of sp³-hybridized carbons (Fsp3) is 0.421. The van der Waals surface area contributed by atoms with Gasteiger partial charge in [0.2, 0.25) is 5.91 Å². The molecule has 7 heteroatoms. The van der Waals surface area contributed by atoms with Gasteiger partial charge >= 0.3 is 0 Å². The van der Waals surface area contributed by atoms with E-state index < -0.39 is 5.54 Å². The SMILES string of the molecule is CCn1cc(C(=O)N2CC(=O)N(c3ccc(OC)cc3)C(C)(C)C2)cn1. The number of carbonyl (C=O) groups excluding carboxylic acids is 2. The molecule has 3 rings (SSSR count). The van der Waals surface area contributed by atoms with Crippen LogP contribution in [0.3, 0.4) is 0 Å². The van der Waals surface area contributed by atoms with Gasteiger partial charge in [0, 0.05) is 25.0 Å². The van der Waals surface area contributed by atoms with Gasteiger partial charge in [-0.3, -0.25) is 14.3 Å². The highest BCUT2D eigenvalue weighted by molar-refractivity contribution is 6.02. The highest BCUT2D eigenvalue weighted by Gasteiger charge is 2.41. The third-order valence-electron chi connectivity index (χ3n) is 4.58. The van der Waals surface area contributed by atoms with Gasteiger partial charge in [0.1, 0.15) is 12.3 Å². The van der Waals surface area contributed by atoms with Crippen molar-refractivity contribution in [3.8, 4) is 5.75 Å². The largest absolute Gasteiger partial charge is 0.497 e. The molecule has 0 saturated carbocycles. The monoisotopic (exact) mass is 356 g/mol. The van der Waals surface area contributed by atoms with Crippen LogP contribution in [-0.2, 0) is 11.3 Å². The van der Waals surface area contributed by atoms with Crippen LogP contribution < -0.4 is 9.64 Å². The summed E-state index contributed by atoms with van der Waals surface area (Å²) in [6.45, 7) is 7.07. The summed E-state index contributed by atoms with van der Waals surface area (Å²) in [5.74, 6) is 0.462. The first-order valence-corrected chi connectivity index (χ1v) is 8.64. The molecule has 1 fully saturated rings. The van der Waals surface area contributed by atoms with Gasteiger partial charge in [-0.15, -0.1) is 0 Å². The summed E-state index contributed by atoms with van der Waals surface area (Å²) in [4.78, 5) is 29.0. The lowest BCUT2D eigenvalue weighted by Gasteiger charge is -2.46. The van der Waals surface area contributed by atoms with Crippen molar-refractivity contribution in [2.45, 2.75) is 32.9 Å². The van der Waals surface area contributed by atoms with Crippen molar-refractivity contribution in [1.29, 1.82) is 0 Å². The number of amides is 2. The Morgan fingerprint density at radius 3 is 2.50 bits per heavy atom. The molecule has 0 N–H and O–H groups in total. The normalized spacial score (nSPS) is 16.7. The lowest BCUT2D eigenvalue weighted by Crippen LogP contribution is -2.63. The van der Waals surface area contributed by atoms with Crippen LogP contribution in [0, 0.1) is 0 Å². The summed E-state index contributed by atoms with van der Waals surface area (Å²) in [6.07, 6.45) is 3.27. The molecule has 138 valence electrons. The maximum absolute atomic E-state index is 12.9. The summed E-state index contributed by atoms with van der Waals surface area (Å²) < 4.78 is 6.88. The summed E-state index contributed by atoms with van der Waals surface area (Å²) in [5, 5.41) is 4.15. The van der Waals surface area contributed by atoms with E-state index in [4.69, 9.17) is 4.74 Å². The zero-order valence-corrected chi connectivity index (χ0v) is 15.6. The Bertz CT molecular complexity index is 810. The van der Waals surface area contributed by atoms with Gasteiger partial charge in [0.25, 0.3) is 5.91 Å². The van der Waals surface area contributed by atoms with E-state index in [-0.39, 0.29) is 18.4 Å². The minimum Gasteiger partial charge on any atom is -0.497 e. The first-order valence-electron chi connectivity index (χ1n) is 8.64. The van der Waals surface area contributed by atoms with Crippen LogP contribution in [0.2, 0.25) is 0 Å². The number of anilines is 1. The highest BCUT2D eigenvalue weighted by atomic mass is 16.5. The molecule has 26 heavy (non-hydrogen) atoms. The minimum absolute atomic E-state index is 0.0472. The zero-order chi connectivity index (χ0) is 18.9. The van der Waals surface area contributed by atoms with Crippen LogP contribution in [0.15, 0.2) is 36.7 Å². The van der Waals surface area contributed by atoms with Gasteiger partial charge in [-0.25, -0.2) is 0 Å². The number of hydrogen-bond acceptors (Lipinski definition) is 4. The van der Waals surface area contributed by atoms with E-state index in [1.165, 1.54) is 0 Å². The first kappa shape index (κ1) is 18.0. The number of benzene rings is 1. The summed E-state index contributed by atoms with van der Waals surface area (Å²) in [5.41, 5.74) is 0.778. The summed E-state index contributed by atoms with van der Waals surface area (Å²) in [7, 11) is 1.61. The topological polar surface area (TPSA) is 67.7 Å². The zero-order valence-electron chi connectivity index (χ0n) is 15.6. The maximum Gasteiger partial charge on any atom is 0.257 e. The van der Waals surface area contributed by atoms with Crippen molar-refractivity contribution in [2.24, 2.45) is 0 Å². The number of hydrogen-bond donors (Lipinski definition) is 0. The maximum atomic E-state index is 12.9. The van der Waals surface area contributed by atoms with Crippen LogP contribution in [-0.4, -0.2) is 52.2 Å². The quantitative estimate of drug-likeness (QED) is 0.842. The molecule has 1 aromatic heterocycles. The van der Waals surface area contributed by atoms with E-state index in [2.05, 4.69) is 5.10 Å². The molecular weight excluding hydrogens is 332 g/mol. The molecule has 1 aliphatic heterocycles. The average molecular weight is 356 g/mol. The van der Waals surface area contributed by atoms with Gasteiger partial charge < -0.3 is 14.5 Å². The minimum atomic E-state index is -0.527. The predicted octanol–water partition coefficient (Wildman–Crippen LogP) is 2.18. The van der Waals surface area contributed by atoms with Crippen LogP contribution >= 0.6 is 0 Å². The molecule has 0 aliphatic carbocycles. The van der Waals surface area contributed by atoms with E-state index in [0.717, 1.165) is 11.4 Å². The van der Waals surface area contributed by atoms with Gasteiger partial charge in [-0.2, -0.15) is 5.10 Å². The molecule has 0 spiro atoms. The Labute approximate surface area is 153 Å².